The predicted molar refractivity (Wildman–Crippen MR) is 141 cm³/mol. The molecule has 2 aliphatic heterocycles. The summed E-state index contributed by atoms with van der Waals surface area (Å²) in [4.78, 5) is 33.1. The van der Waals surface area contributed by atoms with Crippen LogP contribution in [0.4, 0.5) is 17.1 Å². The van der Waals surface area contributed by atoms with Crippen LogP contribution in [0.1, 0.15) is 10.5 Å². The van der Waals surface area contributed by atoms with Crippen LogP contribution in [0.25, 0.3) is 11.4 Å². The Hall–Kier alpha value is -3.54. The molecule has 1 amide bonds. The Balaban J connectivity index is 1.28. The maximum atomic E-state index is 13.1. The van der Waals surface area contributed by atoms with Crippen molar-refractivity contribution in [2.75, 3.05) is 74.7 Å². The minimum atomic E-state index is -0.296. The number of amides is 1. The lowest BCUT2D eigenvalue weighted by Gasteiger charge is -2.36. The summed E-state index contributed by atoms with van der Waals surface area (Å²) in [5, 5.41) is 3.00. The number of aromatic nitrogens is 3. The smallest absolute Gasteiger partial charge is 0.363 e. The summed E-state index contributed by atoms with van der Waals surface area (Å²) in [5.41, 5.74) is 3.92. The molecule has 0 spiro atoms. The first-order valence-corrected chi connectivity index (χ1v) is 12.2. The molecule has 3 aromatic rings. The van der Waals surface area contributed by atoms with Gasteiger partial charge in [-0.25, -0.2) is 9.97 Å². The fourth-order valence-corrected chi connectivity index (χ4v) is 4.51. The first-order chi connectivity index (χ1) is 17.7. The molecule has 2 fully saturated rings. The minimum absolute atomic E-state index is 0.296. The van der Waals surface area contributed by atoms with E-state index >= 15 is 0 Å². The first kappa shape index (κ1) is 24.2. The number of rotatable bonds is 7. The Labute approximate surface area is 211 Å². The Kier molecular flexibility index (Phi) is 7.70. The van der Waals surface area contributed by atoms with Crippen LogP contribution in [0.15, 0.2) is 55.0 Å². The second-order valence-electron chi connectivity index (χ2n) is 8.78. The van der Waals surface area contributed by atoms with Gasteiger partial charge in [0.05, 0.1) is 30.8 Å². The molecule has 0 unspecified atom stereocenters. The molecule has 2 saturated heterocycles. The van der Waals surface area contributed by atoms with E-state index in [2.05, 4.69) is 47.0 Å². The Bertz CT molecular complexity index is 1170. The number of benzene rings is 1. The number of pyridine rings is 1. The second kappa shape index (κ2) is 11.5. The van der Waals surface area contributed by atoms with Crippen molar-refractivity contribution >= 4 is 30.6 Å². The molecule has 0 bridgehead atoms. The highest BCUT2D eigenvalue weighted by Gasteiger charge is 2.21. The molecule has 11 heteroatoms. The minimum Gasteiger partial charge on any atom is -0.427 e. The zero-order valence-electron chi connectivity index (χ0n) is 20.5. The van der Waals surface area contributed by atoms with Crippen molar-refractivity contribution in [1.82, 2.24) is 19.8 Å². The predicted octanol–water partition coefficient (Wildman–Crippen LogP) is 1.66. The van der Waals surface area contributed by atoms with Gasteiger partial charge in [-0.2, -0.15) is 0 Å². The molecule has 2 aromatic heterocycles. The van der Waals surface area contributed by atoms with Gasteiger partial charge in [0, 0.05) is 70.0 Å². The largest absolute Gasteiger partial charge is 0.427 e. The number of hydrogen-bond acceptors (Lipinski definition) is 9. The molecule has 0 aliphatic carbocycles. The number of nitrogens with one attached hydrogen (secondary N) is 1. The normalized spacial score (nSPS) is 16.6. The van der Waals surface area contributed by atoms with Gasteiger partial charge in [0.2, 0.25) is 0 Å². The highest BCUT2D eigenvalue weighted by molar-refractivity contribution is 6.23. The van der Waals surface area contributed by atoms with Crippen molar-refractivity contribution in [2.24, 2.45) is 0 Å². The third kappa shape index (κ3) is 5.64. The van der Waals surface area contributed by atoms with Crippen LogP contribution in [0.5, 0.6) is 0 Å². The van der Waals surface area contributed by atoms with Crippen molar-refractivity contribution < 1.29 is 14.2 Å². The van der Waals surface area contributed by atoms with Crippen molar-refractivity contribution in [1.29, 1.82) is 0 Å². The van der Waals surface area contributed by atoms with E-state index in [1.165, 1.54) is 0 Å². The maximum Gasteiger partial charge on any atom is 0.363 e. The van der Waals surface area contributed by atoms with E-state index in [9.17, 15) is 4.79 Å². The number of nitrogens with zero attached hydrogens (tertiary/aromatic N) is 6. The summed E-state index contributed by atoms with van der Waals surface area (Å²) in [6.45, 7) is 6.71. The number of piperazine rings is 1. The number of morpholine rings is 1. The van der Waals surface area contributed by atoms with Crippen LogP contribution in [-0.4, -0.2) is 92.9 Å². The molecular weight excluding hydrogens is 457 g/mol. The number of ether oxygens (including phenoxy) is 1. The average Bonchev–Trinajstić information content (AvgIpc) is 2.95. The van der Waals surface area contributed by atoms with E-state index in [4.69, 9.17) is 9.39 Å². The van der Waals surface area contributed by atoms with Crippen LogP contribution >= 0.6 is 0 Å². The molecular formula is C25H30BN7O3. The van der Waals surface area contributed by atoms with Gasteiger partial charge in [-0.15, -0.1) is 0 Å². The lowest BCUT2D eigenvalue weighted by molar-refractivity contribution is 0.102. The summed E-state index contributed by atoms with van der Waals surface area (Å²) < 4.78 is 10.7. The highest BCUT2D eigenvalue weighted by atomic mass is 16.5. The number of carbonyl (C=O) groups excluding carboxylic acids is 1. The number of hydrogen-bond donors (Lipinski definition) is 1. The maximum absolute atomic E-state index is 13.1. The summed E-state index contributed by atoms with van der Waals surface area (Å²) in [7, 11) is 2.34. The fourth-order valence-electron chi connectivity index (χ4n) is 4.51. The van der Waals surface area contributed by atoms with Gasteiger partial charge >= 0.3 is 7.62 Å². The zero-order chi connectivity index (χ0) is 24.7. The van der Waals surface area contributed by atoms with Gasteiger partial charge in [0.1, 0.15) is 5.69 Å². The monoisotopic (exact) mass is 487 g/mol. The third-order valence-electron chi connectivity index (χ3n) is 6.46. The third-order valence-corrected chi connectivity index (χ3v) is 6.46. The highest BCUT2D eigenvalue weighted by Crippen LogP contribution is 2.26. The van der Waals surface area contributed by atoms with Crippen molar-refractivity contribution in [2.45, 2.75) is 0 Å². The Morgan fingerprint density at radius 3 is 2.50 bits per heavy atom. The standard InChI is InChI=1S/C25H30BN7O3/c1-35-26-33-12-10-32(11-13-33)23-7-8-27-18-22(23)30-25(34)21-6-9-28-24(29-21)19-2-4-20(5-3-19)31-14-16-36-17-15-31/h2-9,18,26H,10-17H2,1H3,(H,30,34). The SMILES string of the molecule is COBN1CCN(c2ccncc2NC(=O)c2ccnc(-c3ccc(N4CCOCC4)cc3)n2)CC1. The fraction of sp³-hybridized carbons (Fsp3) is 0.360. The van der Waals surface area contributed by atoms with Gasteiger partial charge in [0.25, 0.3) is 5.91 Å². The molecule has 1 aromatic carbocycles. The molecule has 0 radical (unpaired) electrons. The van der Waals surface area contributed by atoms with Crippen LogP contribution in [0.3, 0.4) is 0 Å². The topological polar surface area (TPSA) is 96.0 Å². The van der Waals surface area contributed by atoms with E-state index in [1.807, 2.05) is 18.2 Å². The summed E-state index contributed by atoms with van der Waals surface area (Å²) in [6.07, 6.45) is 5.05. The molecule has 36 heavy (non-hydrogen) atoms. The zero-order valence-corrected chi connectivity index (χ0v) is 20.5. The molecule has 0 atom stereocenters. The van der Waals surface area contributed by atoms with E-state index in [1.54, 1.807) is 31.8 Å². The van der Waals surface area contributed by atoms with Crippen LogP contribution in [0.2, 0.25) is 0 Å². The van der Waals surface area contributed by atoms with Crippen LogP contribution < -0.4 is 15.1 Å². The van der Waals surface area contributed by atoms with E-state index in [-0.39, 0.29) is 5.91 Å². The second-order valence-corrected chi connectivity index (χ2v) is 8.78. The summed E-state index contributed by atoms with van der Waals surface area (Å²) in [5.74, 6) is 0.215. The van der Waals surface area contributed by atoms with Crippen LogP contribution in [0, 0.1) is 0 Å². The lowest BCUT2D eigenvalue weighted by atomic mass is 10.1. The summed E-state index contributed by atoms with van der Waals surface area (Å²) >= 11 is 0. The average molecular weight is 487 g/mol. The number of carbonyl (C=O) groups is 1. The molecule has 2 aliphatic rings. The van der Waals surface area contributed by atoms with Gasteiger partial charge in [-0.05, 0) is 36.4 Å². The van der Waals surface area contributed by atoms with E-state index in [0.717, 1.165) is 69.4 Å². The van der Waals surface area contributed by atoms with E-state index < -0.39 is 0 Å². The molecule has 1 N–H and O–H groups in total. The van der Waals surface area contributed by atoms with Gasteiger partial charge in [0.15, 0.2) is 5.82 Å². The number of anilines is 3. The quantitative estimate of drug-likeness (QED) is 0.500. The first-order valence-electron chi connectivity index (χ1n) is 12.2. The summed E-state index contributed by atoms with van der Waals surface area (Å²) in [6, 6.07) is 11.7. The lowest BCUT2D eigenvalue weighted by Crippen LogP contribution is -2.48. The molecule has 4 heterocycles. The Morgan fingerprint density at radius 2 is 1.75 bits per heavy atom. The van der Waals surface area contributed by atoms with Gasteiger partial charge in [-0.1, -0.05) is 0 Å². The van der Waals surface area contributed by atoms with Crippen molar-refractivity contribution in [3.63, 3.8) is 0 Å². The molecule has 186 valence electrons. The van der Waals surface area contributed by atoms with Gasteiger partial charge in [-0.3, -0.25) is 9.78 Å². The molecule has 5 rings (SSSR count). The van der Waals surface area contributed by atoms with E-state index in [0.29, 0.717) is 24.8 Å². The molecule has 0 saturated carbocycles. The molecule has 10 nitrogen and oxygen atoms in total. The Morgan fingerprint density at radius 1 is 0.972 bits per heavy atom. The van der Waals surface area contributed by atoms with Gasteiger partial charge < -0.3 is 29.3 Å². The van der Waals surface area contributed by atoms with Crippen molar-refractivity contribution in [3.8, 4) is 11.4 Å². The van der Waals surface area contributed by atoms with Crippen molar-refractivity contribution in [3.05, 3.63) is 60.7 Å². The van der Waals surface area contributed by atoms with Crippen LogP contribution in [-0.2, 0) is 9.39 Å².